The summed E-state index contributed by atoms with van der Waals surface area (Å²) >= 11 is 7.63. The lowest BCUT2D eigenvalue weighted by Crippen LogP contribution is -2.42. The molecule has 1 aromatic rings. The Kier molecular flexibility index (Phi) is 5.93. The molecule has 4 heteroatoms. The predicted octanol–water partition coefficient (Wildman–Crippen LogP) is 3.64. The molecule has 0 saturated carbocycles. The smallest absolute Gasteiger partial charge is 0.0931 e. The first-order valence-electron chi connectivity index (χ1n) is 6.06. The van der Waals surface area contributed by atoms with Crippen molar-refractivity contribution in [3.8, 4) is 0 Å². The van der Waals surface area contributed by atoms with Crippen LogP contribution in [0.5, 0.6) is 0 Å². The molecule has 98 valence electrons. The molecule has 1 N–H and O–H groups in total. The molecular formula is C13H23ClN2S. The highest BCUT2D eigenvalue weighted by molar-refractivity contribution is 7.16. The first kappa shape index (κ1) is 15.0. The third kappa shape index (κ3) is 4.96. The highest BCUT2D eigenvalue weighted by Crippen LogP contribution is 2.27. The fourth-order valence-corrected chi connectivity index (χ4v) is 2.89. The summed E-state index contributed by atoms with van der Waals surface area (Å²) in [6, 6.07) is 4.94. The van der Waals surface area contributed by atoms with Gasteiger partial charge in [-0.15, -0.1) is 11.3 Å². The summed E-state index contributed by atoms with van der Waals surface area (Å²) in [4.78, 5) is 3.53. The lowest BCUT2D eigenvalue weighted by molar-refractivity contribution is 0.274. The van der Waals surface area contributed by atoms with E-state index in [0.29, 0.717) is 18.0 Å². The molecule has 0 radical (unpaired) electrons. The maximum atomic E-state index is 5.97. The van der Waals surface area contributed by atoms with Gasteiger partial charge in [-0.3, -0.25) is 0 Å². The van der Waals surface area contributed by atoms with Crippen LogP contribution in [-0.2, 0) is 0 Å². The van der Waals surface area contributed by atoms with E-state index in [2.05, 4.69) is 51.1 Å². The molecule has 1 aromatic heterocycles. The maximum absolute atomic E-state index is 5.97. The molecule has 2 nitrogen and oxygen atoms in total. The van der Waals surface area contributed by atoms with Crippen LogP contribution in [0.1, 0.15) is 31.7 Å². The van der Waals surface area contributed by atoms with Gasteiger partial charge in [-0.05, 0) is 39.1 Å². The molecular weight excluding hydrogens is 252 g/mol. The average molecular weight is 275 g/mol. The van der Waals surface area contributed by atoms with Crippen LogP contribution in [0.3, 0.4) is 0 Å². The molecule has 0 aliphatic rings. The van der Waals surface area contributed by atoms with Crippen molar-refractivity contribution >= 4 is 22.9 Å². The molecule has 0 spiro atoms. The minimum atomic E-state index is 0.361. The van der Waals surface area contributed by atoms with Gasteiger partial charge in [-0.2, -0.15) is 0 Å². The van der Waals surface area contributed by atoms with Gasteiger partial charge >= 0.3 is 0 Å². The first-order valence-corrected chi connectivity index (χ1v) is 7.25. The number of hydrogen-bond acceptors (Lipinski definition) is 3. The molecule has 0 aliphatic carbocycles. The number of halogens is 1. The summed E-state index contributed by atoms with van der Waals surface area (Å²) in [5.74, 6) is 0.621. The zero-order chi connectivity index (χ0) is 13.0. The van der Waals surface area contributed by atoms with Gasteiger partial charge in [0.25, 0.3) is 0 Å². The number of thiophene rings is 1. The standard InChI is InChI=1S/C13H23ClN2S/c1-9(2)11(8-16(4)5)15-10(3)12-6-7-13(14)17-12/h6-7,9-11,15H,8H2,1-5H3. The SMILES string of the molecule is CC(NC(CN(C)C)C(C)C)c1ccc(Cl)s1. The van der Waals surface area contributed by atoms with Gasteiger partial charge in [0.1, 0.15) is 0 Å². The van der Waals surface area contributed by atoms with E-state index < -0.39 is 0 Å². The van der Waals surface area contributed by atoms with Crippen LogP contribution < -0.4 is 5.32 Å². The fraction of sp³-hybridized carbons (Fsp3) is 0.692. The molecule has 17 heavy (non-hydrogen) atoms. The third-order valence-electron chi connectivity index (χ3n) is 2.85. The first-order chi connectivity index (χ1) is 7.90. The van der Waals surface area contributed by atoms with Crippen molar-refractivity contribution in [2.75, 3.05) is 20.6 Å². The van der Waals surface area contributed by atoms with Crippen molar-refractivity contribution in [2.24, 2.45) is 5.92 Å². The molecule has 0 aromatic carbocycles. The Hall–Kier alpha value is -0.0900. The van der Waals surface area contributed by atoms with E-state index in [4.69, 9.17) is 11.6 Å². The van der Waals surface area contributed by atoms with Gasteiger partial charge in [0, 0.05) is 23.5 Å². The molecule has 1 rings (SSSR count). The highest BCUT2D eigenvalue weighted by atomic mass is 35.5. The zero-order valence-electron chi connectivity index (χ0n) is 11.3. The van der Waals surface area contributed by atoms with E-state index in [1.807, 2.05) is 6.07 Å². The lowest BCUT2D eigenvalue weighted by atomic mass is 10.0. The van der Waals surface area contributed by atoms with Crippen LogP contribution in [0.2, 0.25) is 4.34 Å². The summed E-state index contributed by atoms with van der Waals surface area (Å²) in [5.41, 5.74) is 0. The van der Waals surface area contributed by atoms with Gasteiger partial charge in [-0.1, -0.05) is 25.4 Å². The van der Waals surface area contributed by atoms with E-state index in [1.165, 1.54) is 4.88 Å². The predicted molar refractivity (Wildman–Crippen MR) is 78.1 cm³/mol. The Bertz CT molecular complexity index is 336. The Morgan fingerprint density at radius 1 is 1.29 bits per heavy atom. The van der Waals surface area contributed by atoms with Gasteiger partial charge in [-0.25, -0.2) is 0 Å². The van der Waals surface area contributed by atoms with Crippen molar-refractivity contribution in [3.63, 3.8) is 0 Å². The molecule has 0 aliphatic heterocycles. The van der Waals surface area contributed by atoms with Gasteiger partial charge in [0.2, 0.25) is 0 Å². The minimum Gasteiger partial charge on any atom is -0.308 e. The number of nitrogens with zero attached hydrogens (tertiary/aromatic N) is 1. The van der Waals surface area contributed by atoms with Crippen molar-refractivity contribution in [1.29, 1.82) is 0 Å². The van der Waals surface area contributed by atoms with Gasteiger partial charge in [0.05, 0.1) is 4.34 Å². The normalized spacial score (nSPS) is 15.5. The van der Waals surface area contributed by atoms with Crippen LogP contribution in [-0.4, -0.2) is 31.6 Å². The molecule has 0 bridgehead atoms. The largest absolute Gasteiger partial charge is 0.308 e. The molecule has 0 saturated heterocycles. The Labute approximate surface area is 114 Å². The molecule has 2 unspecified atom stereocenters. The van der Waals surface area contributed by atoms with Crippen molar-refractivity contribution in [2.45, 2.75) is 32.9 Å². The highest BCUT2D eigenvalue weighted by Gasteiger charge is 2.18. The summed E-state index contributed by atoms with van der Waals surface area (Å²) < 4.78 is 0.863. The van der Waals surface area contributed by atoms with E-state index in [9.17, 15) is 0 Å². The van der Waals surface area contributed by atoms with Crippen LogP contribution >= 0.6 is 22.9 Å². The number of hydrogen-bond donors (Lipinski definition) is 1. The van der Waals surface area contributed by atoms with Crippen LogP contribution in [0.15, 0.2) is 12.1 Å². The van der Waals surface area contributed by atoms with E-state index in [0.717, 1.165) is 10.9 Å². The van der Waals surface area contributed by atoms with E-state index >= 15 is 0 Å². The number of likely N-dealkylation sites (N-methyl/N-ethyl adjacent to an activating group) is 1. The average Bonchev–Trinajstić information content (AvgIpc) is 2.63. The van der Waals surface area contributed by atoms with Crippen LogP contribution in [0.25, 0.3) is 0 Å². The summed E-state index contributed by atoms with van der Waals surface area (Å²) in [7, 11) is 4.23. The van der Waals surface area contributed by atoms with Gasteiger partial charge in [0.15, 0.2) is 0 Å². The molecule has 2 atom stereocenters. The Morgan fingerprint density at radius 2 is 1.94 bits per heavy atom. The minimum absolute atomic E-state index is 0.361. The monoisotopic (exact) mass is 274 g/mol. The third-order valence-corrected chi connectivity index (χ3v) is 4.27. The maximum Gasteiger partial charge on any atom is 0.0931 e. The Morgan fingerprint density at radius 3 is 2.35 bits per heavy atom. The van der Waals surface area contributed by atoms with E-state index in [-0.39, 0.29) is 0 Å². The van der Waals surface area contributed by atoms with Crippen LogP contribution in [0, 0.1) is 5.92 Å². The zero-order valence-corrected chi connectivity index (χ0v) is 12.9. The van der Waals surface area contributed by atoms with Crippen molar-refractivity contribution in [1.82, 2.24) is 10.2 Å². The van der Waals surface area contributed by atoms with Crippen molar-refractivity contribution < 1.29 is 0 Å². The van der Waals surface area contributed by atoms with Gasteiger partial charge < -0.3 is 10.2 Å². The van der Waals surface area contributed by atoms with E-state index in [1.54, 1.807) is 11.3 Å². The quantitative estimate of drug-likeness (QED) is 0.852. The molecule has 1 heterocycles. The molecule has 0 fully saturated rings. The molecule has 0 amide bonds. The topological polar surface area (TPSA) is 15.3 Å². The fourth-order valence-electron chi connectivity index (χ4n) is 1.81. The summed E-state index contributed by atoms with van der Waals surface area (Å²) in [6.07, 6.45) is 0. The number of rotatable bonds is 6. The second-order valence-corrected chi connectivity index (χ2v) is 6.89. The second-order valence-electron chi connectivity index (χ2n) is 5.14. The second kappa shape index (κ2) is 6.74. The Balaban J connectivity index is 2.60. The summed E-state index contributed by atoms with van der Waals surface area (Å²) in [5, 5.41) is 3.69. The number of nitrogens with one attached hydrogen (secondary N) is 1. The van der Waals surface area contributed by atoms with Crippen LogP contribution in [0.4, 0.5) is 0 Å². The lowest BCUT2D eigenvalue weighted by Gasteiger charge is -2.28. The summed E-state index contributed by atoms with van der Waals surface area (Å²) in [6.45, 7) is 7.78. The van der Waals surface area contributed by atoms with Crippen molar-refractivity contribution in [3.05, 3.63) is 21.3 Å².